The zero-order chi connectivity index (χ0) is 19.9. The van der Waals surface area contributed by atoms with Crippen LogP contribution in [0.2, 0.25) is 0 Å². The highest BCUT2D eigenvalue weighted by Gasteiger charge is 2.30. The average molecular weight is 389 g/mol. The molecule has 1 aromatic heterocycles. The highest BCUT2D eigenvalue weighted by atomic mass is 19.4. The predicted octanol–water partition coefficient (Wildman–Crippen LogP) is 4.78. The van der Waals surface area contributed by atoms with Crippen LogP contribution in [0, 0.1) is 0 Å². The largest absolute Gasteiger partial charge is 0.490 e. The summed E-state index contributed by atoms with van der Waals surface area (Å²) in [5, 5.41) is 9.98. The van der Waals surface area contributed by atoms with Crippen LogP contribution in [0.1, 0.15) is 22.3 Å². The minimum atomic E-state index is -4.45. The normalized spacial score (nSPS) is 14.0. The van der Waals surface area contributed by atoms with Gasteiger partial charge in [-0.05, 0) is 24.3 Å². The first kappa shape index (κ1) is 18.1. The van der Waals surface area contributed by atoms with E-state index in [9.17, 15) is 23.1 Å². The molecule has 0 bridgehead atoms. The molecule has 3 aromatic rings. The van der Waals surface area contributed by atoms with Gasteiger partial charge in [-0.15, -0.1) is 0 Å². The molecule has 0 saturated heterocycles. The van der Waals surface area contributed by atoms with E-state index in [1.54, 1.807) is 12.1 Å². The van der Waals surface area contributed by atoms with E-state index in [-0.39, 0.29) is 11.3 Å². The lowest BCUT2D eigenvalue weighted by atomic mass is 10.0. The molecule has 0 atom stereocenters. The van der Waals surface area contributed by atoms with Gasteiger partial charge < -0.3 is 14.6 Å². The molecule has 1 N–H and O–H groups in total. The quantitative estimate of drug-likeness (QED) is 0.683. The number of hydrogen-bond acceptors (Lipinski definition) is 4. The molecule has 1 aliphatic heterocycles. The number of carbonyl (C=O) groups is 1. The van der Waals surface area contributed by atoms with Gasteiger partial charge in [-0.2, -0.15) is 13.2 Å². The van der Waals surface area contributed by atoms with E-state index in [0.717, 1.165) is 12.1 Å². The van der Waals surface area contributed by atoms with Crippen LogP contribution in [0.3, 0.4) is 0 Å². The molecule has 2 aromatic carbocycles. The Morgan fingerprint density at radius 1 is 1.00 bits per heavy atom. The Morgan fingerprint density at radius 2 is 1.64 bits per heavy atom. The molecule has 0 aliphatic carbocycles. The summed E-state index contributed by atoms with van der Waals surface area (Å²) in [5.74, 6) is -0.273. The summed E-state index contributed by atoms with van der Waals surface area (Å²) in [5.41, 5.74) is 0.193. The minimum absolute atomic E-state index is 0.0180. The summed E-state index contributed by atoms with van der Waals surface area (Å²) in [6.07, 6.45) is -3.75. The standard InChI is InChI=1S/C20H14F3NO4/c21-20(22,23)12-4-2-11(3-5-12)15-8-14(19(25)26)13-9-17-18(10-16(13)24-15)28-7-1-6-27-17/h2-5,8-10H,1,6-7H2,(H,25,26). The zero-order valence-corrected chi connectivity index (χ0v) is 14.4. The fourth-order valence-electron chi connectivity index (χ4n) is 3.04. The van der Waals surface area contributed by atoms with E-state index in [2.05, 4.69) is 4.98 Å². The predicted molar refractivity (Wildman–Crippen MR) is 94.7 cm³/mol. The zero-order valence-electron chi connectivity index (χ0n) is 14.4. The van der Waals surface area contributed by atoms with Crippen LogP contribution in [-0.2, 0) is 6.18 Å². The second-order valence-electron chi connectivity index (χ2n) is 6.30. The van der Waals surface area contributed by atoms with Gasteiger partial charge in [0, 0.05) is 23.4 Å². The molecule has 0 amide bonds. The number of benzene rings is 2. The summed E-state index contributed by atoms with van der Waals surface area (Å²) in [6.45, 7) is 0.918. The molecule has 5 nitrogen and oxygen atoms in total. The van der Waals surface area contributed by atoms with E-state index in [1.165, 1.54) is 18.2 Å². The van der Waals surface area contributed by atoms with Crippen molar-refractivity contribution in [2.24, 2.45) is 0 Å². The number of nitrogens with zero attached hydrogens (tertiary/aromatic N) is 1. The molecular weight excluding hydrogens is 375 g/mol. The van der Waals surface area contributed by atoms with Crippen molar-refractivity contribution in [2.75, 3.05) is 13.2 Å². The number of rotatable bonds is 2. The maximum atomic E-state index is 12.8. The lowest BCUT2D eigenvalue weighted by molar-refractivity contribution is -0.137. The van der Waals surface area contributed by atoms with Gasteiger partial charge in [0.1, 0.15) is 0 Å². The van der Waals surface area contributed by atoms with Gasteiger partial charge in [0.25, 0.3) is 0 Å². The molecule has 0 unspecified atom stereocenters. The van der Waals surface area contributed by atoms with Crippen molar-refractivity contribution in [1.29, 1.82) is 0 Å². The van der Waals surface area contributed by atoms with Gasteiger partial charge in [0.2, 0.25) is 0 Å². The molecule has 0 spiro atoms. The van der Waals surface area contributed by atoms with Gasteiger partial charge in [-0.25, -0.2) is 9.78 Å². The maximum absolute atomic E-state index is 12.8. The van der Waals surface area contributed by atoms with E-state index >= 15 is 0 Å². The SMILES string of the molecule is O=C(O)c1cc(-c2ccc(C(F)(F)F)cc2)nc2cc3c(cc12)OCCCO3. The second kappa shape index (κ2) is 6.70. The van der Waals surface area contributed by atoms with Crippen molar-refractivity contribution in [1.82, 2.24) is 4.98 Å². The number of pyridine rings is 1. The second-order valence-corrected chi connectivity index (χ2v) is 6.30. The Bertz CT molecular complexity index is 1060. The van der Waals surface area contributed by atoms with Crippen LogP contribution >= 0.6 is 0 Å². The number of carboxylic acids is 1. The summed E-state index contributed by atoms with van der Waals surface area (Å²) in [6, 6.07) is 8.93. The molecule has 1 aliphatic rings. The van der Waals surface area contributed by atoms with E-state index in [0.29, 0.717) is 47.6 Å². The van der Waals surface area contributed by atoms with Crippen LogP contribution < -0.4 is 9.47 Å². The number of hydrogen-bond donors (Lipinski definition) is 1. The Balaban J connectivity index is 1.87. The van der Waals surface area contributed by atoms with Crippen molar-refractivity contribution in [3.8, 4) is 22.8 Å². The first-order chi connectivity index (χ1) is 13.3. The fraction of sp³-hybridized carbons (Fsp3) is 0.200. The maximum Gasteiger partial charge on any atom is 0.416 e. The number of fused-ring (bicyclic) bond motifs is 2. The first-order valence-electron chi connectivity index (χ1n) is 8.48. The monoisotopic (exact) mass is 389 g/mol. The number of carboxylic acid groups (broad SMARTS) is 1. The van der Waals surface area contributed by atoms with Crippen molar-refractivity contribution >= 4 is 16.9 Å². The Morgan fingerprint density at radius 3 is 2.25 bits per heavy atom. The summed E-state index contributed by atoms with van der Waals surface area (Å²) >= 11 is 0. The first-order valence-corrected chi connectivity index (χ1v) is 8.48. The van der Waals surface area contributed by atoms with Gasteiger partial charge in [-0.1, -0.05) is 12.1 Å². The molecule has 0 fully saturated rings. The summed E-state index contributed by atoms with van der Waals surface area (Å²) < 4.78 is 49.5. The molecule has 0 saturated carbocycles. The number of halogens is 3. The molecule has 8 heteroatoms. The smallest absolute Gasteiger partial charge is 0.416 e. The number of ether oxygens (including phenoxy) is 2. The number of alkyl halides is 3. The van der Waals surface area contributed by atoms with Crippen LogP contribution in [0.4, 0.5) is 13.2 Å². The van der Waals surface area contributed by atoms with Crippen molar-refractivity contribution in [3.05, 3.63) is 53.6 Å². The molecule has 2 heterocycles. The van der Waals surface area contributed by atoms with Crippen LogP contribution in [0.25, 0.3) is 22.2 Å². The van der Waals surface area contributed by atoms with Crippen molar-refractivity contribution in [2.45, 2.75) is 12.6 Å². The summed E-state index contributed by atoms with van der Waals surface area (Å²) in [4.78, 5) is 16.2. The highest BCUT2D eigenvalue weighted by Crippen LogP contribution is 2.37. The summed E-state index contributed by atoms with van der Waals surface area (Å²) in [7, 11) is 0. The van der Waals surface area contributed by atoms with Gasteiger partial charge in [-0.3, -0.25) is 0 Å². The van der Waals surface area contributed by atoms with Crippen molar-refractivity contribution in [3.63, 3.8) is 0 Å². The fourth-order valence-corrected chi connectivity index (χ4v) is 3.04. The lowest BCUT2D eigenvalue weighted by Gasteiger charge is -2.12. The molecule has 4 rings (SSSR count). The van der Waals surface area contributed by atoms with Crippen LogP contribution in [0.15, 0.2) is 42.5 Å². The average Bonchev–Trinajstić information content (AvgIpc) is 2.89. The van der Waals surface area contributed by atoms with Crippen LogP contribution in [-0.4, -0.2) is 29.3 Å². The van der Waals surface area contributed by atoms with E-state index in [4.69, 9.17) is 9.47 Å². The van der Waals surface area contributed by atoms with Gasteiger partial charge in [0.05, 0.1) is 35.6 Å². The third kappa shape index (κ3) is 3.33. The topological polar surface area (TPSA) is 68.7 Å². The Hall–Kier alpha value is -3.29. The third-order valence-corrected chi connectivity index (χ3v) is 4.42. The molecular formula is C20H14F3NO4. The highest BCUT2D eigenvalue weighted by molar-refractivity contribution is 6.04. The van der Waals surface area contributed by atoms with Crippen LogP contribution in [0.5, 0.6) is 11.5 Å². The van der Waals surface area contributed by atoms with Gasteiger partial charge >= 0.3 is 12.1 Å². The molecule has 0 radical (unpaired) electrons. The molecule has 144 valence electrons. The Labute approximate surface area is 157 Å². The molecule has 28 heavy (non-hydrogen) atoms. The Kier molecular flexibility index (Phi) is 4.33. The minimum Gasteiger partial charge on any atom is -0.490 e. The van der Waals surface area contributed by atoms with E-state index in [1.807, 2.05) is 0 Å². The van der Waals surface area contributed by atoms with Crippen molar-refractivity contribution < 1.29 is 32.5 Å². The third-order valence-electron chi connectivity index (χ3n) is 4.42. The lowest BCUT2D eigenvalue weighted by Crippen LogP contribution is -2.04. The number of aromatic nitrogens is 1. The number of aromatic carboxylic acids is 1. The van der Waals surface area contributed by atoms with E-state index < -0.39 is 17.7 Å². The van der Waals surface area contributed by atoms with Gasteiger partial charge in [0.15, 0.2) is 11.5 Å².